The summed E-state index contributed by atoms with van der Waals surface area (Å²) < 4.78 is 0. The Bertz CT molecular complexity index is 224. The van der Waals surface area contributed by atoms with E-state index in [2.05, 4.69) is 18.9 Å². The van der Waals surface area contributed by atoms with Gasteiger partial charge in [0, 0.05) is 6.42 Å². The van der Waals surface area contributed by atoms with Gasteiger partial charge in [-0.25, -0.2) is 0 Å². The Labute approximate surface area is 80.9 Å². The summed E-state index contributed by atoms with van der Waals surface area (Å²) in [7, 11) is 0. The molecule has 0 heterocycles. The first kappa shape index (κ1) is 10.3. The summed E-state index contributed by atoms with van der Waals surface area (Å²) in [6.07, 6.45) is 13.7. The molecule has 0 fully saturated rings. The maximum atomic E-state index is 10.1. The highest BCUT2D eigenvalue weighted by molar-refractivity contribution is 5.07. The Kier molecular flexibility index (Phi) is 3.57. The first-order valence-electron chi connectivity index (χ1n) is 5.01. The summed E-state index contributed by atoms with van der Waals surface area (Å²) in [6.45, 7) is 2.18. The smallest absolute Gasteiger partial charge is 0.0828 e. The molecule has 13 heavy (non-hydrogen) atoms. The van der Waals surface area contributed by atoms with Gasteiger partial charge in [0.25, 0.3) is 0 Å². The third kappa shape index (κ3) is 3.24. The Hall–Kier alpha value is -0.740. The average molecular weight is 178 g/mol. The highest BCUT2D eigenvalue weighted by Crippen LogP contribution is 2.29. The molecule has 0 spiro atoms. The lowest BCUT2D eigenvalue weighted by Gasteiger charge is -2.29. The van der Waals surface area contributed by atoms with E-state index in [-0.39, 0.29) is 0 Å². The van der Waals surface area contributed by atoms with Gasteiger partial charge >= 0.3 is 0 Å². The Morgan fingerprint density at radius 3 is 3.00 bits per heavy atom. The van der Waals surface area contributed by atoms with Crippen LogP contribution in [-0.2, 0) is 0 Å². The molecule has 0 aliphatic heterocycles. The molecule has 72 valence electrons. The summed E-state index contributed by atoms with van der Waals surface area (Å²) in [6, 6.07) is 0. The Morgan fingerprint density at radius 2 is 2.46 bits per heavy atom. The van der Waals surface area contributed by atoms with Gasteiger partial charge in [-0.05, 0) is 31.6 Å². The van der Waals surface area contributed by atoms with Crippen LogP contribution in [0.15, 0.2) is 12.2 Å². The number of unbranched alkanes of at least 4 members (excludes halogenated alkanes) is 1. The van der Waals surface area contributed by atoms with Crippen LogP contribution in [0.4, 0.5) is 0 Å². The van der Waals surface area contributed by atoms with E-state index in [1.807, 2.05) is 6.08 Å². The summed E-state index contributed by atoms with van der Waals surface area (Å²) in [5, 5.41) is 10.1. The zero-order chi connectivity index (χ0) is 9.73. The number of terminal acetylenes is 1. The van der Waals surface area contributed by atoms with E-state index in [1.54, 1.807) is 0 Å². The van der Waals surface area contributed by atoms with Crippen LogP contribution in [0.2, 0.25) is 0 Å². The van der Waals surface area contributed by atoms with Crippen molar-refractivity contribution < 1.29 is 5.11 Å². The minimum Gasteiger partial charge on any atom is -0.386 e. The van der Waals surface area contributed by atoms with Gasteiger partial charge in [0.1, 0.15) is 0 Å². The van der Waals surface area contributed by atoms with Gasteiger partial charge in [-0.15, -0.1) is 12.3 Å². The van der Waals surface area contributed by atoms with E-state index in [4.69, 9.17) is 6.42 Å². The predicted molar refractivity (Wildman–Crippen MR) is 55.2 cm³/mol. The lowest BCUT2D eigenvalue weighted by atomic mass is 9.83. The highest BCUT2D eigenvalue weighted by Gasteiger charge is 2.26. The summed E-state index contributed by atoms with van der Waals surface area (Å²) >= 11 is 0. The second-order valence-corrected chi connectivity index (χ2v) is 4.04. The molecular weight excluding hydrogens is 160 g/mol. The fourth-order valence-corrected chi connectivity index (χ4v) is 1.71. The lowest BCUT2D eigenvalue weighted by molar-refractivity contribution is 0.0591. The van der Waals surface area contributed by atoms with Crippen LogP contribution < -0.4 is 0 Å². The van der Waals surface area contributed by atoms with E-state index in [1.165, 1.54) is 0 Å². The highest BCUT2D eigenvalue weighted by atomic mass is 16.3. The van der Waals surface area contributed by atoms with Crippen molar-refractivity contribution in [2.45, 2.75) is 44.6 Å². The van der Waals surface area contributed by atoms with E-state index < -0.39 is 5.60 Å². The second-order valence-electron chi connectivity index (χ2n) is 4.04. The monoisotopic (exact) mass is 178 g/mol. The molecule has 1 nitrogen and oxygen atoms in total. The number of hydrogen-bond acceptors (Lipinski definition) is 1. The van der Waals surface area contributed by atoms with Gasteiger partial charge in [-0.1, -0.05) is 19.1 Å². The third-order valence-corrected chi connectivity index (χ3v) is 2.70. The minimum absolute atomic E-state index is 0.566. The largest absolute Gasteiger partial charge is 0.386 e. The van der Waals surface area contributed by atoms with Crippen molar-refractivity contribution in [2.24, 2.45) is 5.92 Å². The summed E-state index contributed by atoms with van der Waals surface area (Å²) in [4.78, 5) is 0. The molecule has 1 heteroatoms. The van der Waals surface area contributed by atoms with E-state index in [9.17, 15) is 5.11 Å². The summed E-state index contributed by atoms with van der Waals surface area (Å²) in [5.74, 6) is 3.22. The molecule has 0 aromatic carbocycles. The molecule has 0 bridgehead atoms. The van der Waals surface area contributed by atoms with Crippen molar-refractivity contribution in [1.29, 1.82) is 0 Å². The molecular formula is C12H18O. The molecule has 0 aromatic rings. The van der Waals surface area contributed by atoms with Gasteiger partial charge < -0.3 is 5.11 Å². The summed E-state index contributed by atoms with van der Waals surface area (Å²) in [5.41, 5.74) is -0.566. The van der Waals surface area contributed by atoms with Crippen molar-refractivity contribution in [3.05, 3.63) is 12.2 Å². The van der Waals surface area contributed by atoms with Crippen molar-refractivity contribution in [3.63, 3.8) is 0 Å². The number of allylic oxidation sites excluding steroid dienone is 1. The minimum atomic E-state index is -0.566. The van der Waals surface area contributed by atoms with Crippen LogP contribution in [0.25, 0.3) is 0 Å². The van der Waals surface area contributed by atoms with E-state index >= 15 is 0 Å². The Morgan fingerprint density at radius 1 is 1.69 bits per heavy atom. The van der Waals surface area contributed by atoms with Crippen LogP contribution in [-0.4, -0.2) is 10.7 Å². The molecule has 1 rings (SSSR count). The van der Waals surface area contributed by atoms with Crippen LogP contribution >= 0.6 is 0 Å². The number of aliphatic hydroxyl groups is 1. The SMILES string of the molecule is C#CCCCC1(O)C=CC(C)CC1. The first-order chi connectivity index (χ1) is 6.16. The van der Waals surface area contributed by atoms with Gasteiger partial charge in [-0.3, -0.25) is 0 Å². The van der Waals surface area contributed by atoms with Crippen molar-refractivity contribution in [3.8, 4) is 12.3 Å². The maximum absolute atomic E-state index is 10.1. The molecule has 0 radical (unpaired) electrons. The van der Waals surface area contributed by atoms with Crippen LogP contribution in [0, 0.1) is 18.3 Å². The van der Waals surface area contributed by atoms with Gasteiger partial charge in [0.05, 0.1) is 5.60 Å². The third-order valence-electron chi connectivity index (χ3n) is 2.70. The molecule has 2 unspecified atom stereocenters. The molecule has 0 saturated heterocycles. The van der Waals surface area contributed by atoms with Crippen molar-refractivity contribution >= 4 is 0 Å². The second kappa shape index (κ2) is 4.48. The lowest BCUT2D eigenvalue weighted by Crippen LogP contribution is -2.29. The quantitative estimate of drug-likeness (QED) is 0.400. The van der Waals surface area contributed by atoms with Crippen LogP contribution in [0.3, 0.4) is 0 Å². The van der Waals surface area contributed by atoms with E-state index in [0.717, 1.165) is 32.1 Å². The van der Waals surface area contributed by atoms with E-state index in [0.29, 0.717) is 5.92 Å². The topological polar surface area (TPSA) is 20.2 Å². The molecule has 1 N–H and O–H groups in total. The van der Waals surface area contributed by atoms with Gasteiger partial charge in [0.15, 0.2) is 0 Å². The van der Waals surface area contributed by atoms with Crippen molar-refractivity contribution in [1.82, 2.24) is 0 Å². The molecule has 1 aliphatic carbocycles. The maximum Gasteiger partial charge on any atom is 0.0828 e. The molecule has 2 atom stereocenters. The molecule has 0 amide bonds. The molecule has 0 aromatic heterocycles. The molecule has 1 aliphatic rings. The molecule has 0 saturated carbocycles. The predicted octanol–water partition coefficient (Wildman–Crippen LogP) is 2.51. The van der Waals surface area contributed by atoms with Crippen LogP contribution in [0.5, 0.6) is 0 Å². The normalized spacial score (nSPS) is 32.8. The zero-order valence-corrected chi connectivity index (χ0v) is 8.29. The van der Waals surface area contributed by atoms with Crippen LogP contribution in [0.1, 0.15) is 39.0 Å². The van der Waals surface area contributed by atoms with Gasteiger partial charge in [0.2, 0.25) is 0 Å². The number of rotatable bonds is 3. The Balaban J connectivity index is 2.39. The fourth-order valence-electron chi connectivity index (χ4n) is 1.71. The number of hydrogen-bond donors (Lipinski definition) is 1. The fraction of sp³-hybridized carbons (Fsp3) is 0.667. The average Bonchev–Trinajstić information content (AvgIpc) is 2.12. The van der Waals surface area contributed by atoms with Gasteiger partial charge in [-0.2, -0.15) is 0 Å². The van der Waals surface area contributed by atoms with Crippen molar-refractivity contribution in [2.75, 3.05) is 0 Å². The first-order valence-corrected chi connectivity index (χ1v) is 5.01. The standard InChI is InChI=1S/C12H18O/c1-3-4-5-8-12(13)9-6-11(2)7-10-12/h1,6,9,11,13H,4-5,7-8,10H2,2H3. The zero-order valence-electron chi connectivity index (χ0n) is 8.29.